The van der Waals surface area contributed by atoms with Crippen molar-refractivity contribution in [1.82, 2.24) is 4.57 Å². The molecule has 0 atom stereocenters. The van der Waals surface area contributed by atoms with Gasteiger partial charge in [0.25, 0.3) is 0 Å². The van der Waals surface area contributed by atoms with Crippen LogP contribution in [0.25, 0.3) is 0 Å². The first-order valence-corrected chi connectivity index (χ1v) is 13.8. The Morgan fingerprint density at radius 1 is 0.735 bits per heavy atom. The molecule has 0 saturated heterocycles. The molecule has 1 N–H and O–H groups in total. The first-order valence-electron chi connectivity index (χ1n) is 13.8. The van der Waals surface area contributed by atoms with E-state index in [-0.39, 0.29) is 11.2 Å². The number of aryl methyl sites for hydroxylation is 1. The molecule has 0 spiro atoms. The molecule has 0 saturated carbocycles. The van der Waals surface area contributed by atoms with Crippen molar-refractivity contribution in [2.45, 2.75) is 123 Å². The van der Waals surface area contributed by atoms with Crippen LogP contribution in [0.2, 0.25) is 0 Å². The van der Waals surface area contributed by atoms with E-state index >= 15 is 0 Å². The summed E-state index contributed by atoms with van der Waals surface area (Å²) in [6, 6.07) is 8.53. The zero-order valence-corrected chi connectivity index (χ0v) is 21.7. The number of ether oxygens (including phenoxy) is 1. The molecular weight excluding hydrogens is 422 g/mol. The molecule has 2 rings (SSSR count). The first kappa shape index (κ1) is 28.0. The van der Waals surface area contributed by atoms with Gasteiger partial charge in [0, 0.05) is 18.8 Å². The number of phenols is 1. The number of hydrogen-bond donors (Lipinski definition) is 1. The van der Waals surface area contributed by atoms with Gasteiger partial charge in [0.1, 0.15) is 12.4 Å². The van der Waals surface area contributed by atoms with Crippen molar-refractivity contribution in [2.24, 2.45) is 0 Å². The van der Waals surface area contributed by atoms with Crippen molar-refractivity contribution in [3.63, 3.8) is 0 Å². The number of phenolic OH excluding ortho intramolecular Hbond substituents is 1. The average molecular weight is 470 g/mol. The zero-order valence-electron chi connectivity index (χ0n) is 21.7. The summed E-state index contributed by atoms with van der Waals surface area (Å²) in [5, 5.41) is 9.44. The molecule has 1 aromatic carbocycles. The summed E-state index contributed by atoms with van der Waals surface area (Å²) < 4.78 is 8.12. The van der Waals surface area contributed by atoms with Gasteiger partial charge in [-0.2, -0.15) is 0 Å². The lowest BCUT2D eigenvalue weighted by Crippen LogP contribution is -2.16. The molecule has 190 valence electrons. The fourth-order valence-electron chi connectivity index (χ4n) is 4.55. The van der Waals surface area contributed by atoms with Crippen LogP contribution in [0.5, 0.6) is 11.5 Å². The molecule has 0 fully saturated rings. The van der Waals surface area contributed by atoms with Gasteiger partial charge in [-0.3, -0.25) is 4.79 Å². The van der Waals surface area contributed by atoms with Gasteiger partial charge in [0.15, 0.2) is 5.75 Å². The highest BCUT2D eigenvalue weighted by Gasteiger charge is 2.11. The van der Waals surface area contributed by atoms with Gasteiger partial charge in [0.2, 0.25) is 5.43 Å². The van der Waals surface area contributed by atoms with E-state index < -0.39 is 0 Å². The lowest BCUT2D eigenvalue weighted by Gasteiger charge is -2.17. The van der Waals surface area contributed by atoms with Gasteiger partial charge in [-0.25, -0.2) is 0 Å². The Labute approximate surface area is 207 Å². The van der Waals surface area contributed by atoms with Crippen molar-refractivity contribution >= 4 is 0 Å². The van der Waals surface area contributed by atoms with E-state index in [4.69, 9.17) is 4.74 Å². The summed E-state index contributed by atoms with van der Waals surface area (Å²) in [5.74, 6) is 0.691. The van der Waals surface area contributed by atoms with E-state index in [1.807, 2.05) is 18.3 Å². The van der Waals surface area contributed by atoms with E-state index in [0.717, 1.165) is 30.6 Å². The van der Waals surface area contributed by atoms with Gasteiger partial charge >= 0.3 is 0 Å². The maximum atomic E-state index is 12.4. The summed E-state index contributed by atoms with van der Waals surface area (Å²) in [6.45, 7) is 5.60. The van der Waals surface area contributed by atoms with Gasteiger partial charge in [-0.05, 0) is 30.5 Å². The van der Waals surface area contributed by atoms with Crippen LogP contribution in [0.3, 0.4) is 0 Å². The molecule has 0 amide bonds. The van der Waals surface area contributed by atoms with E-state index in [2.05, 4.69) is 18.4 Å². The molecule has 0 bridgehead atoms. The standard InChI is InChI=1S/C30H47NO3/c1-3-5-6-7-8-9-10-11-12-13-14-15-16-17-23-31-24-22-29(33)30(28(31)4-2)34-25-26-18-20-27(32)21-19-26/h18-22,24,32H,3-17,23,25H2,1-2H3. The molecule has 0 radical (unpaired) electrons. The third-order valence-electron chi connectivity index (χ3n) is 6.65. The second-order valence-corrected chi connectivity index (χ2v) is 9.55. The predicted octanol–water partition coefficient (Wildman–Crippen LogP) is 8.18. The Morgan fingerprint density at radius 2 is 1.26 bits per heavy atom. The van der Waals surface area contributed by atoms with Crippen molar-refractivity contribution < 1.29 is 9.84 Å². The average Bonchev–Trinajstić information content (AvgIpc) is 2.85. The maximum absolute atomic E-state index is 12.4. The van der Waals surface area contributed by atoms with Crippen LogP contribution in [0.4, 0.5) is 0 Å². The molecule has 4 nitrogen and oxygen atoms in total. The lowest BCUT2D eigenvalue weighted by molar-refractivity contribution is 0.295. The zero-order chi connectivity index (χ0) is 24.4. The summed E-state index contributed by atoms with van der Waals surface area (Å²) in [6.07, 6.45) is 21.7. The van der Waals surface area contributed by atoms with Crippen molar-refractivity contribution in [3.8, 4) is 11.5 Å². The van der Waals surface area contributed by atoms with Crippen LogP contribution < -0.4 is 10.2 Å². The normalized spacial score (nSPS) is 11.1. The Hall–Kier alpha value is -2.23. The summed E-state index contributed by atoms with van der Waals surface area (Å²) in [5.41, 5.74) is 1.84. The van der Waals surface area contributed by atoms with Gasteiger partial charge in [-0.15, -0.1) is 0 Å². The predicted molar refractivity (Wildman–Crippen MR) is 143 cm³/mol. The number of hydrogen-bond acceptors (Lipinski definition) is 3. The molecule has 1 aromatic heterocycles. The van der Waals surface area contributed by atoms with Crippen molar-refractivity contribution in [1.29, 1.82) is 0 Å². The minimum Gasteiger partial charge on any atom is -0.508 e. The summed E-state index contributed by atoms with van der Waals surface area (Å²) in [7, 11) is 0. The van der Waals surface area contributed by atoms with Crippen LogP contribution in [0.15, 0.2) is 41.3 Å². The number of pyridine rings is 1. The Bertz CT molecular complexity index is 841. The minimum atomic E-state index is -0.0622. The van der Waals surface area contributed by atoms with E-state index in [0.29, 0.717) is 12.4 Å². The topological polar surface area (TPSA) is 51.5 Å². The maximum Gasteiger partial charge on any atom is 0.223 e. The highest BCUT2D eigenvalue weighted by molar-refractivity contribution is 5.30. The Balaban J connectivity index is 1.63. The van der Waals surface area contributed by atoms with Gasteiger partial charge in [-0.1, -0.05) is 109 Å². The van der Waals surface area contributed by atoms with Gasteiger partial charge < -0.3 is 14.4 Å². The Kier molecular flexibility index (Phi) is 14.2. The van der Waals surface area contributed by atoms with Crippen LogP contribution in [-0.2, 0) is 19.6 Å². The molecule has 0 aliphatic carbocycles. The number of aromatic nitrogens is 1. The summed E-state index contributed by atoms with van der Waals surface area (Å²) >= 11 is 0. The largest absolute Gasteiger partial charge is 0.508 e. The number of unbranched alkanes of at least 4 members (excludes halogenated alkanes) is 13. The number of aromatic hydroxyl groups is 1. The summed E-state index contributed by atoms with van der Waals surface area (Å²) in [4.78, 5) is 12.4. The number of benzene rings is 1. The highest BCUT2D eigenvalue weighted by atomic mass is 16.5. The fourth-order valence-corrected chi connectivity index (χ4v) is 4.55. The molecule has 34 heavy (non-hydrogen) atoms. The number of rotatable bonds is 19. The van der Waals surface area contributed by atoms with Crippen LogP contribution in [0, 0.1) is 0 Å². The second kappa shape index (κ2) is 17.2. The SMILES string of the molecule is CCCCCCCCCCCCCCCCn1ccc(=O)c(OCc2ccc(O)cc2)c1CC. The van der Waals surface area contributed by atoms with E-state index in [9.17, 15) is 9.90 Å². The van der Waals surface area contributed by atoms with Crippen LogP contribution in [0.1, 0.15) is 115 Å². The van der Waals surface area contributed by atoms with Gasteiger partial charge in [0.05, 0.1) is 5.69 Å². The fraction of sp³-hybridized carbons (Fsp3) is 0.633. The van der Waals surface area contributed by atoms with Crippen LogP contribution in [-0.4, -0.2) is 9.67 Å². The Morgan fingerprint density at radius 3 is 1.79 bits per heavy atom. The third kappa shape index (κ3) is 10.8. The highest BCUT2D eigenvalue weighted by Crippen LogP contribution is 2.19. The van der Waals surface area contributed by atoms with Crippen LogP contribution >= 0.6 is 0 Å². The van der Waals surface area contributed by atoms with E-state index in [1.165, 1.54) is 83.5 Å². The molecule has 4 heteroatoms. The molecular formula is C30H47NO3. The number of nitrogens with zero attached hydrogens (tertiary/aromatic N) is 1. The monoisotopic (exact) mass is 469 g/mol. The molecule has 2 aromatic rings. The first-order chi connectivity index (χ1) is 16.7. The minimum absolute atomic E-state index is 0.0622. The van der Waals surface area contributed by atoms with E-state index in [1.54, 1.807) is 18.2 Å². The molecule has 0 aliphatic heterocycles. The second-order valence-electron chi connectivity index (χ2n) is 9.55. The van der Waals surface area contributed by atoms with Crippen molar-refractivity contribution in [3.05, 3.63) is 58.0 Å². The van der Waals surface area contributed by atoms with Crippen molar-refractivity contribution in [2.75, 3.05) is 0 Å². The third-order valence-corrected chi connectivity index (χ3v) is 6.65. The molecule has 0 unspecified atom stereocenters. The molecule has 0 aliphatic rings. The smallest absolute Gasteiger partial charge is 0.223 e. The quantitative estimate of drug-likeness (QED) is 0.211. The molecule has 1 heterocycles. The lowest BCUT2D eigenvalue weighted by atomic mass is 10.0.